The number of hydrogen-bond donors (Lipinski definition) is 1. The summed E-state index contributed by atoms with van der Waals surface area (Å²) in [6.45, 7) is 0. The number of hydrogen-bond acceptors (Lipinski definition) is 8. The molecule has 1 N–H and O–H groups in total. The fraction of sp³-hybridized carbons (Fsp3) is 0.172. The van der Waals surface area contributed by atoms with Crippen LogP contribution in [-0.4, -0.2) is 50.3 Å². The number of nitrogens with one attached hydrogen (secondary N) is 1. The SMILES string of the molecule is COC(=O)[C@H]1N=C(SCc2ccccc2)[C@@]2(n3[nH]c(=O)n(-c4ccccc4)c3=O)C(=O)N(c3ccccc3)C(=O)[C@@H]12. The smallest absolute Gasteiger partial charge is 0.353 e. The van der Waals surface area contributed by atoms with Gasteiger partial charge in [-0.2, -0.15) is 0 Å². The quantitative estimate of drug-likeness (QED) is 0.277. The van der Waals surface area contributed by atoms with Crippen molar-refractivity contribution in [3.63, 3.8) is 0 Å². The number of aromatic nitrogens is 3. The number of thioether (sulfide) groups is 1. The van der Waals surface area contributed by atoms with E-state index in [2.05, 4.69) is 10.1 Å². The number of fused-ring (bicyclic) bond motifs is 1. The fourth-order valence-electron chi connectivity index (χ4n) is 5.37. The first kappa shape index (κ1) is 26.3. The molecule has 0 saturated carbocycles. The van der Waals surface area contributed by atoms with E-state index in [9.17, 15) is 24.0 Å². The molecule has 6 rings (SSSR count). The summed E-state index contributed by atoms with van der Waals surface area (Å²) < 4.78 is 6.72. The van der Waals surface area contributed by atoms with Crippen molar-refractivity contribution in [1.29, 1.82) is 0 Å². The summed E-state index contributed by atoms with van der Waals surface area (Å²) in [5.74, 6) is -3.57. The molecule has 206 valence electrons. The third kappa shape index (κ3) is 3.98. The zero-order chi connectivity index (χ0) is 28.7. The van der Waals surface area contributed by atoms with Crippen molar-refractivity contribution >= 4 is 40.3 Å². The van der Waals surface area contributed by atoms with Gasteiger partial charge in [0, 0.05) is 5.75 Å². The van der Waals surface area contributed by atoms with Gasteiger partial charge in [0.15, 0.2) is 6.04 Å². The Hall–Kier alpha value is -4.97. The van der Waals surface area contributed by atoms with E-state index >= 15 is 0 Å². The summed E-state index contributed by atoms with van der Waals surface area (Å²) in [6, 6.07) is 24.3. The van der Waals surface area contributed by atoms with Crippen molar-refractivity contribution in [2.75, 3.05) is 12.0 Å². The van der Waals surface area contributed by atoms with Crippen LogP contribution in [-0.2, 0) is 30.4 Å². The molecule has 0 spiro atoms. The minimum absolute atomic E-state index is 0.0436. The Bertz CT molecular complexity index is 1800. The third-order valence-corrected chi connectivity index (χ3v) is 8.37. The first-order valence-corrected chi connectivity index (χ1v) is 13.6. The van der Waals surface area contributed by atoms with Crippen LogP contribution in [0.5, 0.6) is 0 Å². The van der Waals surface area contributed by atoms with Crippen LogP contribution in [0.15, 0.2) is 106 Å². The lowest BCUT2D eigenvalue weighted by atomic mass is 9.84. The van der Waals surface area contributed by atoms with Gasteiger partial charge in [0.2, 0.25) is 11.4 Å². The number of imide groups is 1. The number of methoxy groups -OCH3 is 1. The van der Waals surface area contributed by atoms with Gasteiger partial charge in [0.25, 0.3) is 5.91 Å². The number of rotatable bonds is 6. The van der Waals surface area contributed by atoms with E-state index < -0.39 is 46.7 Å². The molecule has 1 fully saturated rings. The van der Waals surface area contributed by atoms with E-state index in [1.807, 2.05) is 30.3 Å². The summed E-state index contributed by atoms with van der Waals surface area (Å²) in [6.07, 6.45) is 0. The van der Waals surface area contributed by atoms with Crippen molar-refractivity contribution in [3.05, 3.63) is 118 Å². The van der Waals surface area contributed by atoms with Crippen LogP contribution in [0.1, 0.15) is 5.56 Å². The molecule has 0 bridgehead atoms. The summed E-state index contributed by atoms with van der Waals surface area (Å²) >= 11 is 1.11. The number of amides is 2. The Labute approximate surface area is 237 Å². The number of anilines is 1. The molecule has 3 heterocycles. The number of benzene rings is 3. The maximum atomic E-state index is 14.6. The number of carbonyl (C=O) groups is 3. The molecule has 11 nitrogen and oxygen atoms in total. The standard InChI is InChI=1S/C29H23N5O6S/c1-40-24(36)22-21-23(35)32(19-13-7-3-8-14-19)26(37)29(21,25(30-22)41-17-18-11-5-2-6-12-18)34-28(39)33(27(38)31-34)20-15-9-4-10-16-20/h2-16,21-22H,17H2,1H3,(H,31,38)/t21-,22+,29-/m1/s1. The maximum Gasteiger partial charge on any atom is 0.353 e. The highest BCUT2D eigenvalue weighted by atomic mass is 32.2. The van der Waals surface area contributed by atoms with Gasteiger partial charge in [0.05, 0.1) is 18.5 Å². The number of carbonyl (C=O) groups excluding carboxylic acids is 3. The summed E-state index contributed by atoms with van der Waals surface area (Å²) in [5, 5.41) is 2.55. The van der Waals surface area contributed by atoms with E-state index in [0.29, 0.717) is 5.75 Å². The van der Waals surface area contributed by atoms with Crippen LogP contribution in [0.3, 0.4) is 0 Å². The first-order chi connectivity index (χ1) is 19.9. The van der Waals surface area contributed by atoms with Gasteiger partial charge in [-0.3, -0.25) is 14.6 Å². The lowest BCUT2D eigenvalue weighted by Crippen LogP contribution is -2.55. The van der Waals surface area contributed by atoms with E-state index in [-0.39, 0.29) is 16.4 Å². The summed E-state index contributed by atoms with van der Waals surface area (Å²) in [4.78, 5) is 74.4. The lowest BCUT2D eigenvalue weighted by molar-refractivity contribution is -0.145. The molecule has 0 aliphatic carbocycles. The lowest BCUT2D eigenvalue weighted by Gasteiger charge is -2.28. The average Bonchev–Trinajstić information content (AvgIpc) is 3.58. The normalized spacial score (nSPS) is 21.6. The number of aromatic amines is 1. The van der Waals surface area contributed by atoms with Crippen molar-refractivity contribution in [1.82, 2.24) is 14.3 Å². The summed E-state index contributed by atoms with van der Waals surface area (Å²) in [7, 11) is 1.16. The van der Waals surface area contributed by atoms with E-state index in [0.717, 1.165) is 38.6 Å². The van der Waals surface area contributed by atoms with Crippen LogP contribution in [0.4, 0.5) is 5.69 Å². The molecular weight excluding hydrogens is 546 g/mol. The van der Waals surface area contributed by atoms with Crippen molar-refractivity contribution in [2.45, 2.75) is 17.3 Å². The molecule has 3 atom stereocenters. The molecule has 2 aliphatic rings. The highest BCUT2D eigenvalue weighted by molar-refractivity contribution is 8.13. The number of nitrogens with zero attached hydrogens (tertiary/aromatic N) is 4. The van der Waals surface area contributed by atoms with Gasteiger partial charge in [-0.15, -0.1) is 11.8 Å². The monoisotopic (exact) mass is 569 g/mol. The molecular formula is C29H23N5O6S. The first-order valence-electron chi connectivity index (χ1n) is 12.7. The minimum Gasteiger partial charge on any atom is -0.467 e. The Balaban J connectivity index is 1.60. The Morgan fingerprint density at radius 1 is 0.902 bits per heavy atom. The number of H-pyrrole nitrogens is 1. The highest BCUT2D eigenvalue weighted by Gasteiger charge is 2.72. The Kier molecular flexibility index (Phi) is 6.54. The molecule has 1 aromatic heterocycles. The number of ether oxygens (including phenoxy) is 1. The molecule has 4 aromatic rings. The number of para-hydroxylation sites is 2. The van der Waals surface area contributed by atoms with Crippen molar-refractivity contribution in [3.8, 4) is 5.69 Å². The van der Waals surface area contributed by atoms with Crippen LogP contribution < -0.4 is 16.3 Å². The second kappa shape index (κ2) is 10.2. The van der Waals surface area contributed by atoms with Crippen molar-refractivity contribution in [2.24, 2.45) is 10.9 Å². The van der Waals surface area contributed by atoms with Gasteiger partial charge >= 0.3 is 17.3 Å². The Morgan fingerprint density at radius 3 is 2.10 bits per heavy atom. The predicted molar refractivity (Wildman–Crippen MR) is 152 cm³/mol. The molecule has 0 unspecified atom stereocenters. The highest BCUT2D eigenvalue weighted by Crippen LogP contribution is 2.49. The molecule has 2 amide bonds. The zero-order valence-electron chi connectivity index (χ0n) is 21.7. The number of esters is 1. The Morgan fingerprint density at radius 2 is 1.49 bits per heavy atom. The topological polar surface area (TPSA) is 136 Å². The van der Waals surface area contributed by atoms with Crippen LogP contribution in [0.2, 0.25) is 0 Å². The molecule has 3 aromatic carbocycles. The molecule has 2 aliphatic heterocycles. The second-order valence-corrected chi connectivity index (χ2v) is 10.4. The van der Waals surface area contributed by atoms with E-state index in [1.54, 1.807) is 60.7 Å². The van der Waals surface area contributed by atoms with Crippen LogP contribution >= 0.6 is 11.8 Å². The van der Waals surface area contributed by atoms with Gasteiger partial charge in [0.1, 0.15) is 11.0 Å². The van der Waals surface area contributed by atoms with Gasteiger partial charge in [-0.1, -0.05) is 66.7 Å². The van der Waals surface area contributed by atoms with Gasteiger partial charge in [-0.25, -0.2) is 33.6 Å². The molecule has 0 radical (unpaired) electrons. The van der Waals surface area contributed by atoms with Gasteiger partial charge < -0.3 is 4.74 Å². The third-order valence-electron chi connectivity index (χ3n) is 7.20. The van der Waals surface area contributed by atoms with Crippen LogP contribution in [0, 0.1) is 5.92 Å². The molecule has 12 heteroatoms. The van der Waals surface area contributed by atoms with Crippen LogP contribution in [0.25, 0.3) is 5.69 Å². The minimum atomic E-state index is -2.14. The second-order valence-electron chi connectivity index (χ2n) is 9.44. The summed E-state index contributed by atoms with van der Waals surface area (Å²) in [5.41, 5.74) is -2.44. The van der Waals surface area contributed by atoms with E-state index in [4.69, 9.17) is 4.74 Å². The van der Waals surface area contributed by atoms with E-state index in [1.165, 1.54) is 0 Å². The van der Waals surface area contributed by atoms with Crippen molar-refractivity contribution < 1.29 is 19.1 Å². The molecule has 41 heavy (non-hydrogen) atoms. The number of aliphatic imine (C=N–C) groups is 1. The zero-order valence-corrected chi connectivity index (χ0v) is 22.5. The fourth-order valence-corrected chi connectivity index (χ4v) is 6.58. The average molecular weight is 570 g/mol. The molecule has 1 saturated heterocycles. The largest absolute Gasteiger partial charge is 0.467 e. The van der Waals surface area contributed by atoms with Gasteiger partial charge in [-0.05, 0) is 29.8 Å². The maximum absolute atomic E-state index is 14.6. The predicted octanol–water partition coefficient (Wildman–Crippen LogP) is 2.10.